The van der Waals surface area contributed by atoms with Gasteiger partial charge in [0.1, 0.15) is 0 Å². The first-order valence-corrected chi connectivity index (χ1v) is 15.5. The summed E-state index contributed by atoms with van der Waals surface area (Å²) in [6.07, 6.45) is 0. The predicted molar refractivity (Wildman–Crippen MR) is 126 cm³/mol. The normalized spacial score (nSPS) is 50.2. The highest BCUT2D eigenvalue weighted by molar-refractivity contribution is 8.22. The monoisotopic (exact) mass is 422 g/mol. The van der Waals surface area contributed by atoms with Gasteiger partial charge < -0.3 is 0 Å². The standard InChI is InChI=1S/C22H32P2S2/c1-11-15(5)23(25)17(7)21(11,9)13(3)19(23)20-14(4)22(10)12(2)16(6)24(20,26)18(22)8/h17-18H,1-10H3/t17?,18?,21-,22-,23+,24+/m0/s1. The number of allylic oxidation sites excluding steroid dienone is 8. The molecule has 0 aromatic rings. The molecule has 2 unspecified atom stereocenters. The Hall–Kier alpha value is 0.260. The molecule has 0 amide bonds. The molecule has 142 valence electrons. The van der Waals surface area contributed by atoms with Gasteiger partial charge in [0, 0.05) is 34.2 Å². The number of fused-ring (bicyclic) bond motifs is 4. The lowest BCUT2D eigenvalue weighted by atomic mass is 9.72. The van der Waals surface area contributed by atoms with Crippen molar-refractivity contribution in [1.82, 2.24) is 0 Å². The molecule has 0 spiro atoms. The SMILES string of the molecule is CC1=C(C)[P@]2(=S)C(C3=C(C)[C@]4(C)C(C)=C(C)[P@@]3(=S)C4C)=C(C)[C@@]1(C)C2C. The van der Waals surface area contributed by atoms with E-state index >= 15 is 0 Å². The number of hydrogen-bond donors (Lipinski definition) is 0. The van der Waals surface area contributed by atoms with Crippen molar-refractivity contribution in [2.75, 3.05) is 0 Å². The molecule has 26 heavy (non-hydrogen) atoms. The average Bonchev–Trinajstić information content (AvgIpc) is 2.97. The molecule has 4 heteroatoms. The van der Waals surface area contributed by atoms with Gasteiger partial charge in [0.05, 0.1) is 0 Å². The Morgan fingerprint density at radius 3 is 1.12 bits per heavy atom. The molecule has 6 atom stereocenters. The molecular formula is C22H32P2S2. The summed E-state index contributed by atoms with van der Waals surface area (Å²) in [6.45, 7) is 23.8. The van der Waals surface area contributed by atoms with Crippen molar-refractivity contribution in [3.8, 4) is 0 Å². The van der Waals surface area contributed by atoms with E-state index in [1.807, 2.05) is 0 Å². The summed E-state index contributed by atoms with van der Waals surface area (Å²) in [4.78, 5) is 0. The van der Waals surface area contributed by atoms with Crippen LogP contribution in [0.5, 0.6) is 0 Å². The zero-order chi connectivity index (χ0) is 19.8. The zero-order valence-corrected chi connectivity index (χ0v) is 21.3. The minimum Gasteiger partial charge on any atom is -0.0876 e. The lowest BCUT2D eigenvalue weighted by molar-refractivity contribution is 0.485. The highest BCUT2D eigenvalue weighted by Gasteiger charge is 2.65. The van der Waals surface area contributed by atoms with Gasteiger partial charge in [0.15, 0.2) is 0 Å². The summed E-state index contributed by atoms with van der Waals surface area (Å²) in [6, 6.07) is -3.47. The van der Waals surface area contributed by atoms with E-state index in [0.717, 1.165) is 0 Å². The third-order valence-electron chi connectivity index (χ3n) is 9.56. The van der Waals surface area contributed by atoms with Crippen LogP contribution >= 0.6 is 12.1 Å². The Balaban J connectivity index is 2.09. The van der Waals surface area contributed by atoms with E-state index in [4.69, 9.17) is 23.6 Å². The summed E-state index contributed by atoms with van der Waals surface area (Å²) in [5.74, 6) is 0. The summed E-state index contributed by atoms with van der Waals surface area (Å²) in [7, 11) is 0. The maximum absolute atomic E-state index is 6.62. The van der Waals surface area contributed by atoms with E-state index in [-0.39, 0.29) is 10.8 Å². The highest BCUT2D eigenvalue weighted by Crippen LogP contribution is 2.92. The minimum absolute atomic E-state index is 0.149. The molecule has 4 rings (SSSR count). The summed E-state index contributed by atoms with van der Waals surface area (Å²) < 4.78 is 0. The Kier molecular flexibility index (Phi) is 3.80. The quantitative estimate of drug-likeness (QED) is 0.394. The third-order valence-corrected chi connectivity index (χ3v) is 22.7. The van der Waals surface area contributed by atoms with Gasteiger partial charge in [-0.05, 0) is 62.8 Å². The van der Waals surface area contributed by atoms with E-state index in [9.17, 15) is 0 Å². The van der Waals surface area contributed by atoms with Crippen molar-refractivity contribution >= 4 is 35.7 Å². The van der Waals surface area contributed by atoms with Gasteiger partial charge in [0.25, 0.3) is 0 Å². The second-order valence-electron chi connectivity index (χ2n) is 9.44. The maximum Gasteiger partial charge on any atom is 0.0181 e. The molecule has 0 saturated heterocycles. The van der Waals surface area contributed by atoms with Crippen LogP contribution in [0.4, 0.5) is 0 Å². The molecular weight excluding hydrogens is 390 g/mol. The zero-order valence-electron chi connectivity index (χ0n) is 17.9. The molecule has 0 N–H and O–H groups in total. The second kappa shape index (κ2) is 5.05. The van der Waals surface area contributed by atoms with Crippen molar-refractivity contribution < 1.29 is 0 Å². The Labute approximate surface area is 170 Å². The van der Waals surface area contributed by atoms with Gasteiger partial charge in [-0.3, -0.25) is 0 Å². The van der Waals surface area contributed by atoms with Gasteiger partial charge in [-0.2, -0.15) is 0 Å². The Morgan fingerprint density at radius 2 is 0.885 bits per heavy atom. The lowest BCUT2D eigenvalue weighted by Gasteiger charge is -2.34. The topological polar surface area (TPSA) is 0 Å². The van der Waals surface area contributed by atoms with Crippen molar-refractivity contribution in [3.05, 3.63) is 43.5 Å². The van der Waals surface area contributed by atoms with Gasteiger partial charge >= 0.3 is 0 Å². The van der Waals surface area contributed by atoms with Crippen LogP contribution in [0.25, 0.3) is 0 Å². The Bertz CT molecular complexity index is 937. The molecule has 0 radical (unpaired) electrons. The van der Waals surface area contributed by atoms with Crippen LogP contribution in [0.3, 0.4) is 0 Å². The third kappa shape index (κ3) is 1.54. The molecule has 4 heterocycles. The number of hydrogen-bond acceptors (Lipinski definition) is 2. The van der Waals surface area contributed by atoms with Crippen molar-refractivity contribution in [3.63, 3.8) is 0 Å². The van der Waals surface area contributed by atoms with Gasteiger partial charge in [0.2, 0.25) is 0 Å². The smallest absolute Gasteiger partial charge is 0.0181 e. The molecule has 4 aliphatic heterocycles. The van der Waals surface area contributed by atoms with E-state index in [0.29, 0.717) is 11.3 Å². The van der Waals surface area contributed by atoms with Gasteiger partial charge in [-0.1, -0.05) is 73.6 Å². The Morgan fingerprint density at radius 1 is 0.615 bits per heavy atom. The fraction of sp³-hybridized carbons (Fsp3) is 0.636. The predicted octanol–water partition coefficient (Wildman–Crippen LogP) is 7.93. The molecule has 4 aliphatic rings. The van der Waals surface area contributed by atoms with Gasteiger partial charge in [-0.15, -0.1) is 0 Å². The fourth-order valence-corrected chi connectivity index (χ4v) is 20.3. The first-order valence-electron chi connectivity index (χ1n) is 9.76. The van der Waals surface area contributed by atoms with Crippen LogP contribution < -0.4 is 0 Å². The van der Waals surface area contributed by atoms with Crippen LogP contribution in [0.1, 0.15) is 69.2 Å². The van der Waals surface area contributed by atoms with Crippen LogP contribution in [0, 0.1) is 10.8 Å². The molecule has 0 saturated carbocycles. The first-order chi connectivity index (χ1) is 11.7. The average molecular weight is 423 g/mol. The lowest BCUT2D eigenvalue weighted by Crippen LogP contribution is -2.24. The van der Waals surface area contributed by atoms with E-state index in [1.54, 1.807) is 32.9 Å². The minimum atomic E-state index is -1.74. The van der Waals surface area contributed by atoms with E-state index < -0.39 is 12.1 Å². The molecule has 0 aromatic carbocycles. The molecule has 0 fully saturated rings. The fourth-order valence-electron chi connectivity index (χ4n) is 6.76. The van der Waals surface area contributed by atoms with Crippen LogP contribution in [-0.2, 0) is 23.6 Å². The second-order valence-corrected chi connectivity index (χ2v) is 19.3. The summed E-state index contributed by atoms with van der Waals surface area (Å²) in [5, 5.41) is 6.22. The maximum atomic E-state index is 6.62. The molecule has 0 aliphatic carbocycles. The van der Waals surface area contributed by atoms with Crippen molar-refractivity contribution in [1.29, 1.82) is 0 Å². The van der Waals surface area contributed by atoms with Crippen LogP contribution in [-0.4, -0.2) is 11.3 Å². The van der Waals surface area contributed by atoms with Crippen molar-refractivity contribution in [2.45, 2.75) is 80.6 Å². The molecule has 0 aromatic heterocycles. The van der Waals surface area contributed by atoms with E-state index in [1.165, 1.54) is 10.6 Å². The molecule has 0 nitrogen and oxygen atoms in total. The van der Waals surface area contributed by atoms with Gasteiger partial charge in [-0.25, -0.2) is 0 Å². The number of rotatable bonds is 1. The van der Waals surface area contributed by atoms with E-state index in [2.05, 4.69) is 69.2 Å². The highest BCUT2D eigenvalue weighted by atomic mass is 32.4. The summed E-state index contributed by atoms with van der Waals surface area (Å²) >= 11 is 13.2. The largest absolute Gasteiger partial charge is 0.0876 e. The van der Waals surface area contributed by atoms with Crippen LogP contribution in [0.2, 0.25) is 0 Å². The first kappa shape index (κ1) is 19.6. The molecule has 4 bridgehead atoms. The van der Waals surface area contributed by atoms with Crippen LogP contribution in [0.15, 0.2) is 43.5 Å². The summed E-state index contributed by atoms with van der Waals surface area (Å²) in [5.41, 5.74) is 7.62. The van der Waals surface area contributed by atoms with Crippen molar-refractivity contribution in [2.24, 2.45) is 10.8 Å².